The minimum absolute atomic E-state index is 0.00219. The highest BCUT2D eigenvalue weighted by Gasteiger charge is 2.30. The van der Waals surface area contributed by atoms with Gasteiger partial charge in [-0.1, -0.05) is 0 Å². The van der Waals surface area contributed by atoms with E-state index in [0.29, 0.717) is 47.9 Å². The first kappa shape index (κ1) is 35.0. The Balaban J connectivity index is 1.24. The summed E-state index contributed by atoms with van der Waals surface area (Å²) >= 11 is 0. The Kier molecular flexibility index (Phi) is 9.71. The van der Waals surface area contributed by atoms with Crippen molar-refractivity contribution < 1.29 is 23.9 Å². The molecule has 12 heteroatoms. The molecule has 1 aliphatic rings. The van der Waals surface area contributed by atoms with Gasteiger partial charge in [-0.2, -0.15) is 5.10 Å². The van der Waals surface area contributed by atoms with Gasteiger partial charge in [-0.05, 0) is 102 Å². The zero-order chi connectivity index (χ0) is 36.6. The summed E-state index contributed by atoms with van der Waals surface area (Å²) in [5.41, 5.74) is 7.70. The van der Waals surface area contributed by atoms with E-state index in [1.165, 1.54) is 0 Å². The van der Waals surface area contributed by atoms with Crippen LogP contribution in [0.4, 0.5) is 21.9 Å². The number of allylic oxidation sites excluding steroid dienone is 1. The molecule has 0 saturated carbocycles. The van der Waals surface area contributed by atoms with Crippen LogP contribution in [0.25, 0.3) is 28.2 Å². The van der Waals surface area contributed by atoms with Crippen LogP contribution in [0.5, 0.6) is 11.5 Å². The van der Waals surface area contributed by atoms with Crippen LogP contribution in [0, 0.1) is 13.8 Å². The number of aromatic nitrogens is 3. The molecular formula is C39H43N7O5. The number of ketones is 1. The van der Waals surface area contributed by atoms with Gasteiger partial charge in [0.15, 0.2) is 5.76 Å². The van der Waals surface area contributed by atoms with E-state index in [1.54, 1.807) is 67.6 Å². The monoisotopic (exact) mass is 689 g/mol. The lowest BCUT2D eigenvalue weighted by atomic mass is 10.0. The summed E-state index contributed by atoms with van der Waals surface area (Å²) < 4.78 is 15.8. The van der Waals surface area contributed by atoms with Crippen molar-refractivity contribution in [2.45, 2.75) is 33.7 Å². The fourth-order valence-corrected chi connectivity index (χ4v) is 6.44. The van der Waals surface area contributed by atoms with E-state index in [9.17, 15) is 14.4 Å². The lowest BCUT2D eigenvalue weighted by Gasteiger charge is -2.19. The van der Waals surface area contributed by atoms with Crippen LogP contribution in [0.3, 0.4) is 0 Å². The van der Waals surface area contributed by atoms with E-state index in [0.717, 1.165) is 44.8 Å². The number of carbonyl (C=O) groups is 3. The third-order valence-electron chi connectivity index (χ3n) is 9.23. The number of nitrogens with one attached hydrogen (secondary N) is 2. The number of ether oxygens (including phenoxy) is 2. The minimum atomic E-state index is -0.478. The molecule has 0 bridgehead atoms. The van der Waals surface area contributed by atoms with Crippen LogP contribution in [-0.2, 0) is 18.4 Å². The SMILES string of the molecule is CCn1c(-c2c(C)nn(C)c2C)c(C=C2Oc3ccc(NC(=O)Nc4ccc(N(C)C(=O)CCN(C)C)cc4)cc3C2=O)c2cc(OC)ccc21. The van der Waals surface area contributed by atoms with Crippen LogP contribution in [0.15, 0.2) is 66.4 Å². The Labute approximate surface area is 297 Å². The Morgan fingerprint density at radius 2 is 1.69 bits per heavy atom. The molecule has 51 heavy (non-hydrogen) atoms. The number of methoxy groups -OCH3 is 1. The number of Topliss-reactive ketones (excluding diaryl/α,β-unsaturated/α-hetero) is 1. The number of amides is 3. The zero-order valence-corrected chi connectivity index (χ0v) is 30.2. The van der Waals surface area contributed by atoms with Crippen molar-refractivity contribution in [3.63, 3.8) is 0 Å². The largest absolute Gasteiger partial charge is 0.497 e. The van der Waals surface area contributed by atoms with Gasteiger partial charge in [0, 0.05) is 78.4 Å². The van der Waals surface area contributed by atoms with Gasteiger partial charge in [-0.3, -0.25) is 14.3 Å². The van der Waals surface area contributed by atoms with Gasteiger partial charge in [-0.25, -0.2) is 4.79 Å². The van der Waals surface area contributed by atoms with E-state index < -0.39 is 6.03 Å². The van der Waals surface area contributed by atoms with Crippen molar-refractivity contribution in [2.24, 2.45) is 7.05 Å². The lowest BCUT2D eigenvalue weighted by Crippen LogP contribution is -2.29. The number of urea groups is 1. The number of hydrogen-bond donors (Lipinski definition) is 2. The predicted molar refractivity (Wildman–Crippen MR) is 201 cm³/mol. The number of benzene rings is 3. The second-order valence-corrected chi connectivity index (χ2v) is 12.8. The maximum atomic E-state index is 13.9. The molecule has 3 aromatic carbocycles. The van der Waals surface area contributed by atoms with Crippen molar-refractivity contribution >= 4 is 51.8 Å². The number of nitrogens with zero attached hydrogens (tertiary/aromatic N) is 5. The van der Waals surface area contributed by atoms with E-state index in [-0.39, 0.29) is 17.4 Å². The average Bonchev–Trinajstić information content (AvgIpc) is 3.68. The summed E-state index contributed by atoms with van der Waals surface area (Å²) in [6.45, 7) is 7.46. The topological polar surface area (TPSA) is 123 Å². The first-order chi connectivity index (χ1) is 24.4. The van der Waals surface area contributed by atoms with Crippen LogP contribution < -0.4 is 25.0 Å². The van der Waals surface area contributed by atoms with Gasteiger partial charge in [0.1, 0.15) is 11.5 Å². The summed E-state index contributed by atoms with van der Waals surface area (Å²) in [6.07, 6.45) is 2.20. The van der Waals surface area contributed by atoms with E-state index in [2.05, 4.69) is 27.2 Å². The average molecular weight is 690 g/mol. The highest BCUT2D eigenvalue weighted by Crippen LogP contribution is 2.41. The number of carbonyl (C=O) groups excluding carboxylic acids is 3. The Bertz CT molecular complexity index is 2190. The van der Waals surface area contributed by atoms with Crippen LogP contribution in [0.2, 0.25) is 0 Å². The van der Waals surface area contributed by atoms with Crippen LogP contribution in [0.1, 0.15) is 40.7 Å². The fourth-order valence-electron chi connectivity index (χ4n) is 6.44. The van der Waals surface area contributed by atoms with E-state index >= 15 is 0 Å². The van der Waals surface area contributed by atoms with Gasteiger partial charge in [0.25, 0.3) is 0 Å². The Morgan fingerprint density at radius 3 is 2.33 bits per heavy atom. The molecule has 0 saturated heterocycles. The number of aryl methyl sites for hydroxylation is 3. The quantitative estimate of drug-likeness (QED) is 0.154. The third kappa shape index (κ3) is 6.82. The number of hydrogen-bond acceptors (Lipinski definition) is 7. The number of fused-ring (bicyclic) bond motifs is 2. The zero-order valence-electron chi connectivity index (χ0n) is 30.2. The smallest absolute Gasteiger partial charge is 0.323 e. The molecule has 6 rings (SSSR count). The van der Waals surface area contributed by atoms with E-state index in [1.807, 2.05) is 62.8 Å². The molecule has 12 nitrogen and oxygen atoms in total. The Morgan fingerprint density at radius 1 is 0.980 bits per heavy atom. The molecule has 2 N–H and O–H groups in total. The normalized spacial score (nSPS) is 13.1. The molecule has 0 aliphatic carbocycles. The maximum absolute atomic E-state index is 13.9. The Hall–Kier alpha value is -5.88. The first-order valence-electron chi connectivity index (χ1n) is 16.8. The highest BCUT2D eigenvalue weighted by molar-refractivity contribution is 6.16. The summed E-state index contributed by atoms with van der Waals surface area (Å²) in [5, 5.41) is 11.2. The highest BCUT2D eigenvalue weighted by atomic mass is 16.5. The molecule has 3 amide bonds. The lowest BCUT2D eigenvalue weighted by molar-refractivity contribution is -0.118. The molecule has 0 unspecified atom stereocenters. The third-order valence-corrected chi connectivity index (χ3v) is 9.23. The standard InChI is InChI=1S/C39H43N7O5/c1-9-46-32-16-15-28(50-8)21-29(32)30(37(46)36-23(2)42-45(7)24(36)3)22-34-38(48)31-20-26(12-17-33(31)51-34)41-39(49)40-25-10-13-27(14-11-25)44(6)35(47)18-19-43(4)5/h10-17,20-22H,9,18-19H2,1-8H3,(H2,40,41,49). The van der Waals surface area contributed by atoms with Crippen LogP contribution >= 0.6 is 0 Å². The van der Waals surface area contributed by atoms with E-state index in [4.69, 9.17) is 9.47 Å². The molecule has 2 aromatic heterocycles. The predicted octanol–water partition coefficient (Wildman–Crippen LogP) is 6.86. The van der Waals surface area contributed by atoms with Crippen molar-refractivity contribution in [1.29, 1.82) is 0 Å². The first-order valence-corrected chi connectivity index (χ1v) is 16.8. The number of anilines is 3. The maximum Gasteiger partial charge on any atom is 0.323 e. The molecular weight excluding hydrogens is 646 g/mol. The molecule has 0 radical (unpaired) electrons. The summed E-state index contributed by atoms with van der Waals surface area (Å²) in [6, 6.07) is 17.5. The second kappa shape index (κ2) is 14.2. The van der Waals surface area contributed by atoms with Gasteiger partial charge >= 0.3 is 6.03 Å². The molecule has 1 aliphatic heterocycles. The summed E-state index contributed by atoms with van der Waals surface area (Å²) in [7, 11) is 9.13. The van der Waals surface area contributed by atoms with Gasteiger partial charge in [0.05, 0.1) is 24.1 Å². The van der Waals surface area contributed by atoms with Crippen molar-refractivity contribution in [2.75, 3.05) is 50.3 Å². The molecule has 0 atom stereocenters. The van der Waals surface area contributed by atoms with Gasteiger partial charge < -0.3 is 34.5 Å². The van der Waals surface area contributed by atoms with Crippen molar-refractivity contribution in [3.05, 3.63) is 88.9 Å². The molecule has 3 heterocycles. The summed E-state index contributed by atoms with van der Waals surface area (Å²) in [5.74, 6) is 0.994. The molecule has 5 aromatic rings. The van der Waals surface area contributed by atoms with Crippen molar-refractivity contribution in [1.82, 2.24) is 19.2 Å². The second-order valence-electron chi connectivity index (χ2n) is 12.8. The molecule has 0 fully saturated rings. The minimum Gasteiger partial charge on any atom is -0.497 e. The van der Waals surface area contributed by atoms with Crippen LogP contribution in [-0.4, -0.2) is 71.8 Å². The van der Waals surface area contributed by atoms with Crippen molar-refractivity contribution in [3.8, 4) is 22.8 Å². The summed E-state index contributed by atoms with van der Waals surface area (Å²) in [4.78, 5) is 42.9. The van der Waals surface area contributed by atoms with Gasteiger partial charge in [-0.15, -0.1) is 0 Å². The fraction of sp³-hybridized carbons (Fsp3) is 0.282. The number of rotatable bonds is 10. The van der Waals surface area contributed by atoms with Gasteiger partial charge in [0.2, 0.25) is 11.7 Å². The molecule has 264 valence electrons. The molecule has 0 spiro atoms.